The molecule has 166 valence electrons. The summed E-state index contributed by atoms with van der Waals surface area (Å²) in [6.45, 7) is 5.05. The third-order valence-corrected chi connectivity index (χ3v) is 6.17. The molecule has 2 aliphatic heterocycles. The molecular formula is C23H30FN5O2. The van der Waals surface area contributed by atoms with E-state index in [0.29, 0.717) is 24.3 Å². The Labute approximate surface area is 182 Å². The molecule has 2 saturated heterocycles. The van der Waals surface area contributed by atoms with Crippen LogP contribution < -0.4 is 5.32 Å². The van der Waals surface area contributed by atoms with Crippen LogP contribution in [0.15, 0.2) is 36.7 Å². The van der Waals surface area contributed by atoms with Gasteiger partial charge in [-0.05, 0) is 63.0 Å². The van der Waals surface area contributed by atoms with Crippen molar-refractivity contribution in [2.45, 2.75) is 38.6 Å². The number of likely N-dealkylation sites (tertiary alicyclic amines) is 2. The van der Waals surface area contributed by atoms with Crippen LogP contribution >= 0.6 is 0 Å². The largest absolute Gasteiger partial charge is 0.338 e. The van der Waals surface area contributed by atoms with E-state index in [9.17, 15) is 14.0 Å². The molecule has 1 aromatic carbocycles. The topological polar surface area (TPSA) is 70.5 Å². The molecule has 31 heavy (non-hydrogen) atoms. The molecular weight excluding hydrogens is 397 g/mol. The Hall–Kier alpha value is -2.74. The van der Waals surface area contributed by atoms with Gasteiger partial charge in [0, 0.05) is 31.4 Å². The quantitative estimate of drug-likeness (QED) is 0.770. The van der Waals surface area contributed by atoms with E-state index in [1.165, 1.54) is 43.5 Å². The fraction of sp³-hybridized carbons (Fsp3) is 0.522. The van der Waals surface area contributed by atoms with Gasteiger partial charge in [0.15, 0.2) is 0 Å². The fourth-order valence-electron chi connectivity index (χ4n) is 4.37. The van der Waals surface area contributed by atoms with Crippen molar-refractivity contribution in [3.8, 4) is 0 Å². The minimum atomic E-state index is -0.371. The summed E-state index contributed by atoms with van der Waals surface area (Å²) >= 11 is 0. The van der Waals surface area contributed by atoms with Crippen LogP contribution in [0.1, 0.15) is 42.5 Å². The van der Waals surface area contributed by atoms with Crippen molar-refractivity contribution in [3.05, 3.63) is 48.0 Å². The molecule has 7 nitrogen and oxygen atoms in total. The van der Waals surface area contributed by atoms with Gasteiger partial charge in [-0.3, -0.25) is 14.3 Å². The second kappa shape index (κ2) is 10.0. The molecule has 0 radical (unpaired) electrons. The molecule has 0 saturated carbocycles. The number of carbonyl (C=O) groups is 2. The first kappa shape index (κ1) is 21.5. The average molecular weight is 428 g/mol. The number of nitrogens with zero attached hydrogens (tertiary/aromatic N) is 4. The molecule has 0 aliphatic carbocycles. The van der Waals surface area contributed by atoms with Crippen LogP contribution in [-0.4, -0.2) is 64.1 Å². The molecule has 0 unspecified atom stereocenters. The lowest BCUT2D eigenvalue weighted by Gasteiger charge is -2.32. The van der Waals surface area contributed by atoms with Crippen LogP contribution in [0.25, 0.3) is 0 Å². The van der Waals surface area contributed by atoms with Gasteiger partial charge in [-0.15, -0.1) is 0 Å². The van der Waals surface area contributed by atoms with Crippen LogP contribution in [-0.2, 0) is 11.3 Å². The van der Waals surface area contributed by atoms with E-state index in [2.05, 4.69) is 15.3 Å². The molecule has 1 atom stereocenters. The van der Waals surface area contributed by atoms with E-state index in [0.717, 1.165) is 39.0 Å². The monoisotopic (exact) mass is 427 g/mol. The number of benzene rings is 1. The average Bonchev–Trinajstić information content (AvgIpc) is 3.26. The highest BCUT2D eigenvalue weighted by Gasteiger charge is 2.29. The van der Waals surface area contributed by atoms with E-state index in [-0.39, 0.29) is 23.5 Å². The molecule has 0 spiro atoms. The maximum absolute atomic E-state index is 13.1. The van der Waals surface area contributed by atoms with Crippen molar-refractivity contribution in [2.24, 2.45) is 5.92 Å². The molecule has 2 aromatic rings. The molecule has 2 aliphatic rings. The van der Waals surface area contributed by atoms with E-state index in [4.69, 9.17) is 0 Å². The Morgan fingerprint density at radius 1 is 1.03 bits per heavy atom. The third-order valence-electron chi connectivity index (χ3n) is 6.17. The lowest BCUT2D eigenvalue weighted by atomic mass is 9.96. The SMILES string of the molecule is O=C(Nc1cnn(CCN2CCCCC2)c1)[C@H]1CCCN(C(=O)c2ccc(F)cc2)C1. The third kappa shape index (κ3) is 5.70. The lowest BCUT2D eigenvalue weighted by Crippen LogP contribution is -2.43. The standard InChI is InChI=1S/C23H30FN5O2/c24-20-8-6-18(7-9-20)23(31)28-12-4-5-19(16-28)22(30)26-21-15-25-29(17-21)14-13-27-10-2-1-3-11-27/h6-9,15,17,19H,1-5,10-14,16H2,(H,26,30)/t19-/m0/s1. The van der Waals surface area contributed by atoms with Crippen LogP contribution in [0.3, 0.4) is 0 Å². The predicted octanol–water partition coefficient (Wildman–Crippen LogP) is 3.00. The maximum Gasteiger partial charge on any atom is 0.253 e. The van der Waals surface area contributed by atoms with Gasteiger partial charge in [0.05, 0.1) is 24.3 Å². The number of carbonyl (C=O) groups excluding carboxylic acids is 2. The molecule has 2 amide bonds. The van der Waals surface area contributed by atoms with E-state index >= 15 is 0 Å². The van der Waals surface area contributed by atoms with Gasteiger partial charge in [-0.2, -0.15) is 5.10 Å². The normalized spacial score (nSPS) is 19.9. The zero-order valence-electron chi connectivity index (χ0n) is 17.8. The van der Waals surface area contributed by atoms with Gasteiger partial charge in [-0.1, -0.05) is 6.42 Å². The fourth-order valence-corrected chi connectivity index (χ4v) is 4.37. The molecule has 1 N–H and O–H groups in total. The molecule has 4 rings (SSSR count). The summed E-state index contributed by atoms with van der Waals surface area (Å²) in [5.41, 5.74) is 1.13. The summed E-state index contributed by atoms with van der Waals surface area (Å²) in [7, 11) is 0. The lowest BCUT2D eigenvalue weighted by molar-refractivity contribution is -0.121. The molecule has 2 fully saturated rings. The molecule has 0 bridgehead atoms. The van der Waals surface area contributed by atoms with Gasteiger partial charge < -0.3 is 15.1 Å². The first-order chi connectivity index (χ1) is 15.1. The summed E-state index contributed by atoms with van der Waals surface area (Å²) in [5, 5.41) is 7.32. The van der Waals surface area contributed by atoms with Gasteiger partial charge in [0.2, 0.25) is 5.91 Å². The zero-order chi connectivity index (χ0) is 21.6. The molecule has 1 aromatic heterocycles. The first-order valence-corrected chi connectivity index (χ1v) is 11.2. The summed E-state index contributed by atoms with van der Waals surface area (Å²) in [6.07, 6.45) is 8.90. The smallest absolute Gasteiger partial charge is 0.253 e. The summed E-state index contributed by atoms with van der Waals surface area (Å²) in [4.78, 5) is 29.6. The summed E-state index contributed by atoms with van der Waals surface area (Å²) < 4.78 is 15.0. The number of rotatable bonds is 6. The van der Waals surface area contributed by atoms with Crippen molar-refractivity contribution in [1.29, 1.82) is 0 Å². The Morgan fingerprint density at radius 2 is 1.81 bits per heavy atom. The second-order valence-electron chi connectivity index (χ2n) is 8.48. The first-order valence-electron chi connectivity index (χ1n) is 11.2. The molecule has 3 heterocycles. The Balaban J connectivity index is 1.28. The van der Waals surface area contributed by atoms with E-state index in [1.807, 2.05) is 10.9 Å². The van der Waals surface area contributed by atoms with Crippen molar-refractivity contribution >= 4 is 17.5 Å². The van der Waals surface area contributed by atoms with Crippen LogP contribution in [0, 0.1) is 11.7 Å². The number of piperidine rings is 2. The number of halogens is 1. The Kier molecular flexibility index (Phi) is 6.96. The van der Waals surface area contributed by atoms with Crippen molar-refractivity contribution < 1.29 is 14.0 Å². The number of anilines is 1. The number of nitrogens with one attached hydrogen (secondary N) is 1. The number of hydrogen-bond donors (Lipinski definition) is 1. The number of amides is 2. The highest BCUT2D eigenvalue weighted by molar-refractivity contribution is 5.96. The molecule has 8 heteroatoms. The van der Waals surface area contributed by atoms with Crippen LogP contribution in [0.2, 0.25) is 0 Å². The van der Waals surface area contributed by atoms with Crippen LogP contribution in [0.4, 0.5) is 10.1 Å². The highest BCUT2D eigenvalue weighted by Crippen LogP contribution is 2.21. The van der Waals surface area contributed by atoms with Crippen LogP contribution in [0.5, 0.6) is 0 Å². The van der Waals surface area contributed by atoms with Crippen molar-refractivity contribution in [2.75, 3.05) is 38.0 Å². The van der Waals surface area contributed by atoms with Gasteiger partial charge in [0.25, 0.3) is 5.91 Å². The number of hydrogen-bond acceptors (Lipinski definition) is 4. The van der Waals surface area contributed by atoms with E-state index in [1.54, 1.807) is 11.1 Å². The number of aromatic nitrogens is 2. The zero-order valence-corrected chi connectivity index (χ0v) is 17.8. The summed E-state index contributed by atoms with van der Waals surface area (Å²) in [5.74, 6) is -0.894. The van der Waals surface area contributed by atoms with E-state index < -0.39 is 0 Å². The highest BCUT2D eigenvalue weighted by atomic mass is 19.1. The Morgan fingerprint density at radius 3 is 2.58 bits per heavy atom. The van der Waals surface area contributed by atoms with Crippen molar-refractivity contribution in [3.63, 3.8) is 0 Å². The minimum Gasteiger partial charge on any atom is -0.338 e. The predicted molar refractivity (Wildman–Crippen MR) is 116 cm³/mol. The van der Waals surface area contributed by atoms with Gasteiger partial charge >= 0.3 is 0 Å². The maximum atomic E-state index is 13.1. The van der Waals surface area contributed by atoms with Gasteiger partial charge in [-0.25, -0.2) is 4.39 Å². The van der Waals surface area contributed by atoms with Crippen molar-refractivity contribution in [1.82, 2.24) is 19.6 Å². The second-order valence-corrected chi connectivity index (χ2v) is 8.48. The minimum absolute atomic E-state index is 0.0906. The summed E-state index contributed by atoms with van der Waals surface area (Å²) in [6, 6.07) is 5.54. The Bertz CT molecular complexity index is 892. The van der Waals surface area contributed by atoms with Gasteiger partial charge in [0.1, 0.15) is 5.82 Å².